The molecule has 0 unspecified atom stereocenters. The average molecular weight is 202 g/mol. The van der Waals surface area contributed by atoms with Crippen LogP contribution in [-0.4, -0.2) is 42.1 Å². The molecule has 0 fully saturated rings. The zero-order valence-electron chi connectivity index (χ0n) is 9.07. The van der Waals surface area contributed by atoms with E-state index in [2.05, 4.69) is 5.32 Å². The molecular weight excluding hydrogens is 184 g/mol. The lowest BCUT2D eigenvalue weighted by Gasteiger charge is -2.19. The first kappa shape index (κ1) is 12.7. The van der Waals surface area contributed by atoms with Crippen LogP contribution in [-0.2, 0) is 4.79 Å². The molecule has 0 aromatic rings. The van der Waals surface area contributed by atoms with Crippen LogP contribution in [0.15, 0.2) is 0 Å². The second-order valence-corrected chi connectivity index (χ2v) is 3.86. The van der Waals surface area contributed by atoms with Crippen molar-refractivity contribution in [2.75, 3.05) is 14.1 Å². The molecule has 0 saturated carbocycles. The molecular formula is C9H18N2O3. The molecule has 0 aliphatic heterocycles. The van der Waals surface area contributed by atoms with Crippen LogP contribution in [0.2, 0.25) is 0 Å². The molecule has 5 nitrogen and oxygen atoms in total. The summed E-state index contributed by atoms with van der Waals surface area (Å²) in [4.78, 5) is 23.3. The van der Waals surface area contributed by atoms with Gasteiger partial charge in [-0.15, -0.1) is 0 Å². The van der Waals surface area contributed by atoms with E-state index >= 15 is 0 Å². The molecule has 0 heterocycles. The van der Waals surface area contributed by atoms with E-state index in [1.807, 2.05) is 13.8 Å². The van der Waals surface area contributed by atoms with Crippen LogP contribution in [0.1, 0.15) is 20.3 Å². The van der Waals surface area contributed by atoms with Crippen LogP contribution >= 0.6 is 0 Å². The van der Waals surface area contributed by atoms with Gasteiger partial charge in [0.1, 0.15) is 6.04 Å². The summed E-state index contributed by atoms with van der Waals surface area (Å²) in [6, 6.07) is -1.18. The number of rotatable bonds is 4. The number of carboxylic acid groups (broad SMARTS) is 1. The molecule has 0 saturated heterocycles. The maximum absolute atomic E-state index is 11.2. The Kier molecular flexibility index (Phi) is 4.97. The molecule has 0 spiro atoms. The standard InChI is InChI=1S/C9H18N2O3/c1-6(2)5-7(8(12)13)10-9(14)11(3)4/h6-7H,5H2,1-4H3,(H,10,14)(H,12,13)/t7-/m0/s1. The van der Waals surface area contributed by atoms with Crippen molar-refractivity contribution >= 4 is 12.0 Å². The molecule has 2 amide bonds. The summed E-state index contributed by atoms with van der Waals surface area (Å²) in [5, 5.41) is 11.3. The molecule has 14 heavy (non-hydrogen) atoms. The van der Waals surface area contributed by atoms with Crippen molar-refractivity contribution in [1.29, 1.82) is 0 Å². The Morgan fingerprint density at radius 3 is 2.14 bits per heavy atom. The number of carbonyl (C=O) groups is 2. The molecule has 0 rings (SSSR count). The number of hydrogen-bond donors (Lipinski definition) is 2. The summed E-state index contributed by atoms with van der Waals surface area (Å²) in [6.45, 7) is 3.83. The molecule has 1 atom stereocenters. The van der Waals surface area contributed by atoms with Crippen LogP contribution in [0.3, 0.4) is 0 Å². The highest BCUT2D eigenvalue weighted by Gasteiger charge is 2.21. The van der Waals surface area contributed by atoms with Gasteiger partial charge in [-0.1, -0.05) is 13.8 Å². The van der Waals surface area contributed by atoms with E-state index in [0.717, 1.165) is 0 Å². The smallest absolute Gasteiger partial charge is 0.326 e. The Morgan fingerprint density at radius 1 is 1.36 bits per heavy atom. The third-order valence-corrected chi connectivity index (χ3v) is 1.71. The van der Waals surface area contributed by atoms with Crippen LogP contribution in [0.4, 0.5) is 4.79 Å². The number of hydrogen-bond acceptors (Lipinski definition) is 2. The van der Waals surface area contributed by atoms with Crippen molar-refractivity contribution in [3.8, 4) is 0 Å². The molecule has 82 valence electrons. The normalized spacial score (nSPS) is 12.4. The van der Waals surface area contributed by atoms with E-state index in [4.69, 9.17) is 5.11 Å². The first-order valence-electron chi connectivity index (χ1n) is 4.55. The summed E-state index contributed by atoms with van der Waals surface area (Å²) in [5.41, 5.74) is 0. The maximum atomic E-state index is 11.2. The fraction of sp³-hybridized carbons (Fsp3) is 0.778. The number of carbonyl (C=O) groups excluding carboxylic acids is 1. The Hall–Kier alpha value is -1.26. The van der Waals surface area contributed by atoms with Crippen LogP contribution < -0.4 is 5.32 Å². The van der Waals surface area contributed by atoms with Crippen molar-refractivity contribution in [3.63, 3.8) is 0 Å². The number of carboxylic acids is 1. The van der Waals surface area contributed by atoms with Gasteiger partial charge in [0, 0.05) is 14.1 Å². The highest BCUT2D eigenvalue weighted by atomic mass is 16.4. The molecule has 0 aliphatic carbocycles. The molecule has 0 aromatic heterocycles. The van der Waals surface area contributed by atoms with Gasteiger partial charge in [0.15, 0.2) is 0 Å². The number of nitrogens with zero attached hydrogens (tertiary/aromatic N) is 1. The average Bonchev–Trinajstić information content (AvgIpc) is 2.01. The van der Waals surface area contributed by atoms with Gasteiger partial charge in [0.2, 0.25) is 0 Å². The summed E-state index contributed by atoms with van der Waals surface area (Å²) in [5.74, 6) is -0.757. The van der Waals surface area contributed by atoms with Gasteiger partial charge >= 0.3 is 12.0 Å². The summed E-state index contributed by atoms with van der Waals surface area (Å²) in [6.07, 6.45) is 0.439. The Balaban J connectivity index is 4.23. The van der Waals surface area contributed by atoms with Crippen LogP contribution in [0.25, 0.3) is 0 Å². The monoisotopic (exact) mass is 202 g/mol. The molecule has 0 aliphatic rings. The molecule has 5 heteroatoms. The molecule has 0 radical (unpaired) electrons. The predicted octanol–water partition coefficient (Wildman–Crippen LogP) is 0.757. The minimum absolute atomic E-state index is 0.235. The molecule has 0 aromatic carbocycles. The van der Waals surface area contributed by atoms with Crippen molar-refractivity contribution < 1.29 is 14.7 Å². The first-order chi connectivity index (χ1) is 6.34. The topological polar surface area (TPSA) is 69.6 Å². The van der Waals surface area contributed by atoms with Gasteiger partial charge in [-0.25, -0.2) is 9.59 Å². The van der Waals surface area contributed by atoms with Gasteiger partial charge in [0.25, 0.3) is 0 Å². The Morgan fingerprint density at radius 2 is 1.86 bits per heavy atom. The van der Waals surface area contributed by atoms with Gasteiger partial charge in [0.05, 0.1) is 0 Å². The van der Waals surface area contributed by atoms with Gasteiger partial charge in [-0.3, -0.25) is 0 Å². The van der Waals surface area contributed by atoms with Gasteiger partial charge < -0.3 is 15.3 Å². The van der Waals surface area contributed by atoms with Crippen molar-refractivity contribution in [1.82, 2.24) is 10.2 Å². The quantitative estimate of drug-likeness (QED) is 0.707. The highest BCUT2D eigenvalue weighted by molar-refractivity contribution is 5.82. The van der Waals surface area contributed by atoms with Crippen molar-refractivity contribution in [2.24, 2.45) is 5.92 Å². The van der Waals surface area contributed by atoms with Crippen molar-refractivity contribution in [2.45, 2.75) is 26.3 Å². The van der Waals surface area contributed by atoms with E-state index in [1.54, 1.807) is 14.1 Å². The largest absolute Gasteiger partial charge is 0.480 e. The van der Waals surface area contributed by atoms with Gasteiger partial charge in [-0.2, -0.15) is 0 Å². The lowest BCUT2D eigenvalue weighted by molar-refractivity contribution is -0.139. The number of aliphatic carboxylic acids is 1. The van der Waals surface area contributed by atoms with E-state index in [9.17, 15) is 9.59 Å². The number of nitrogens with one attached hydrogen (secondary N) is 1. The van der Waals surface area contributed by atoms with Crippen molar-refractivity contribution in [3.05, 3.63) is 0 Å². The Labute approximate surface area is 84.1 Å². The zero-order valence-corrected chi connectivity index (χ0v) is 9.07. The van der Waals surface area contributed by atoms with E-state index < -0.39 is 12.0 Å². The predicted molar refractivity (Wildman–Crippen MR) is 53.1 cm³/mol. The highest BCUT2D eigenvalue weighted by Crippen LogP contribution is 2.05. The second-order valence-electron chi connectivity index (χ2n) is 3.86. The summed E-state index contributed by atoms with van der Waals surface area (Å²) < 4.78 is 0. The van der Waals surface area contributed by atoms with Gasteiger partial charge in [-0.05, 0) is 12.3 Å². The lowest BCUT2D eigenvalue weighted by Crippen LogP contribution is -2.46. The fourth-order valence-corrected chi connectivity index (χ4v) is 0.971. The Bertz CT molecular complexity index is 214. The second kappa shape index (κ2) is 5.47. The maximum Gasteiger partial charge on any atom is 0.326 e. The minimum Gasteiger partial charge on any atom is -0.480 e. The summed E-state index contributed by atoms with van der Waals surface area (Å²) >= 11 is 0. The molecule has 0 bridgehead atoms. The third kappa shape index (κ3) is 4.69. The third-order valence-electron chi connectivity index (χ3n) is 1.71. The number of amides is 2. The van der Waals surface area contributed by atoms with E-state index in [-0.39, 0.29) is 11.9 Å². The summed E-state index contributed by atoms with van der Waals surface area (Å²) in [7, 11) is 3.15. The zero-order chi connectivity index (χ0) is 11.3. The SMILES string of the molecule is CC(C)C[C@H](NC(=O)N(C)C)C(=O)O. The van der Waals surface area contributed by atoms with Crippen LogP contribution in [0, 0.1) is 5.92 Å². The minimum atomic E-state index is -0.992. The fourth-order valence-electron chi connectivity index (χ4n) is 0.971. The lowest BCUT2D eigenvalue weighted by atomic mass is 10.0. The molecule has 2 N–H and O–H groups in total. The van der Waals surface area contributed by atoms with Crippen LogP contribution in [0.5, 0.6) is 0 Å². The van der Waals surface area contributed by atoms with E-state index in [1.165, 1.54) is 4.90 Å². The first-order valence-corrected chi connectivity index (χ1v) is 4.55. The number of urea groups is 1. The van der Waals surface area contributed by atoms with E-state index in [0.29, 0.717) is 6.42 Å².